The van der Waals surface area contributed by atoms with Crippen LogP contribution in [0, 0.1) is 22.7 Å². The van der Waals surface area contributed by atoms with Crippen molar-refractivity contribution >= 4 is 0 Å². The number of ether oxygens (including phenoxy) is 3. The third kappa shape index (κ3) is 4.80. The molecule has 2 rings (SSSR count). The molecule has 0 aromatic heterocycles. The molecule has 5 nitrogen and oxygen atoms in total. The number of hydrogen-bond donors (Lipinski definition) is 0. The Morgan fingerprint density at radius 2 is 1.95 bits per heavy atom. The highest BCUT2D eigenvalue weighted by atomic mass is 16.7. The van der Waals surface area contributed by atoms with Crippen molar-refractivity contribution in [2.24, 2.45) is 0 Å². The van der Waals surface area contributed by atoms with Gasteiger partial charge in [0.2, 0.25) is 5.57 Å². The summed E-state index contributed by atoms with van der Waals surface area (Å²) in [5.74, 6) is 0.0651. The SMILES string of the molecule is N#CC(C#N)=C1OCC(CCCCOCc2ccccc2)O1. The molecule has 1 aliphatic rings. The van der Waals surface area contributed by atoms with Crippen LogP contribution in [0.15, 0.2) is 41.9 Å². The van der Waals surface area contributed by atoms with Crippen LogP contribution >= 0.6 is 0 Å². The second-order valence-electron chi connectivity index (χ2n) is 4.97. The van der Waals surface area contributed by atoms with Gasteiger partial charge in [0.05, 0.1) is 6.61 Å². The number of rotatable bonds is 7. The van der Waals surface area contributed by atoms with Crippen LogP contribution in [0.2, 0.25) is 0 Å². The van der Waals surface area contributed by atoms with E-state index in [-0.39, 0.29) is 17.6 Å². The van der Waals surface area contributed by atoms with E-state index in [0.717, 1.165) is 19.3 Å². The molecule has 1 aliphatic heterocycles. The first kappa shape index (κ1) is 15.9. The highest BCUT2D eigenvalue weighted by Gasteiger charge is 2.25. The van der Waals surface area contributed by atoms with Gasteiger partial charge in [-0.05, 0) is 24.8 Å². The molecule has 0 radical (unpaired) electrons. The summed E-state index contributed by atoms with van der Waals surface area (Å²) in [5, 5.41) is 17.5. The van der Waals surface area contributed by atoms with Gasteiger partial charge in [-0.15, -0.1) is 0 Å². The van der Waals surface area contributed by atoms with Crippen molar-refractivity contribution in [2.75, 3.05) is 13.2 Å². The van der Waals surface area contributed by atoms with Crippen molar-refractivity contribution in [1.29, 1.82) is 10.5 Å². The van der Waals surface area contributed by atoms with Crippen molar-refractivity contribution in [3.8, 4) is 12.1 Å². The molecule has 0 amide bonds. The first-order chi connectivity index (χ1) is 10.8. The minimum atomic E-state index is -0.103. The normalized spacial score (nSPS) is 16.3. The van der Waals surface area contributed by atoms with Gasteiger partial charge in [-0.25, -0.2) is 0 Å². The second-order valence-corrected chi connectivity index (χ2v) is 4.97. The lowest BCUT2D eigenvalue weighted by Crippen LogP contribution is -2.09. The number of unbranched alkanes of at least 4 members (excludes halogenated alkanes) is 1. The number of allylic oxidation sites excluding steroid dienone is 1. The van der Waals surface area contributed by atoms with Gasteiger partial charge in [0.1, 0.15) is 24.8 Å². The lowest BCUT2D eigenvalue weighted by Gasteiger charge is -2.07. The molecule has 1 unspecified atom stereocenters. The van der Waals surface area contributed by atoms with Crippen LogP contribution in [0.3, 0.4) is 0 Å². The predicted molar refractivity (Wildman–Crippen MR) is 79.0 cm³/mol. The molecule has 114 valence electrons. The van der Waals surface area contributed by atoms with Crippen LogP contribution in [0.25, 0.3) is 0 Å². The lowest BCUT2D eigenvalue weighted by molar-refractivity contribution is 0.108. The summed E-state index contributed by atoms with van der Waals surface area (Å²) in [7, 11) is 0. The van der Waals surface area contributed by atoms with E-state index in [1.54, 1.807) is 12.1 Å². The van der Waals surface area contributed by atoms with Gasteiger partial charge in [0, 0.05) is 6.61 Å². The van der Waals surface area contributed by atoms with Crippen molar-refractivity contribution in [2.45, 2.75) is 32.0 Å². The zero-order valence-corrected chi connectivity index (χ0v) is 12.3. The molecule has 22 heavy (non-hydrogen) atoms. The van der Waals surface area contributed by atoms with E-state index >= 15 is 0 Å². The average Bonchev–Trinajstić information content (AvgIpc) is 3.02. The summed E-state index contributed by atoms with van der Waals surface area (Å²) in [6, 6.07) is 13.6. The highest BCUT2D eigenvalue weighted by molar-refractivity contribution is 5.36. The zero-order chi connectivity index (χ0) is 15.6. The molecular formula is C17H18N2O3. The molecule has 1 aromatic rings. The van der Waals surface area contributed by atoms with Gasteiger partial charge < -0.3 is 14.2 Å². The monoisotopic (exact) mass is 298 g/mol. The summed E-state index contributed by atoms with van der Waals surface area (Å²) in [5.41, 5.74) is 1.07. The number of nitriles is 2. The largest absolute Gasteiger partial charge is 0.460 e. The third-order valence-electron chi connectivity index (χ3n) is 3.28. The van der Waals surface area contributed by atoms with Crippen LogP contribution in [0.5, 0.6) is 0 Å². The topological polar surface area (TPSA) is 75.3 Å². The molecular weight excluding hydrogens is 280 g/mol. The smallest absolute Gasteiger partial charge is 0.309 e. The number of nitrogens with zero attached hydrogens (tertiary/aromatic N) is 2. The number of benzene rings is 1. The van der Waals surface area contributed by atoms with E-state index in [4.69, 9.17) is 24.7 Å². The van der Waals surface area contributed by atoms with E-state index in [9.17, 15) is 0 Å². The summed E-state index contributed by atoms with van der Waals surface area (Å²) < 4.78 is 16.3. The Labute approximate surface area is 130 Å². The Morgan fingerprint density at radius 1 is 1.18 bits per heavy atom. The molecule has 0 bridgehead atoms. The maximum atomic E-state index is 8.73. The minimum absolute atomic E-state index is 0.0651. The van der Waals surface area contributed by atoms with E-state index in [1.165, 1.54) is 5.56 Å². The average molecular weight is 298 g/mol. The van der Waals surface area contributed by atoms with Crippen LogP contribution < -0.4 is 0 Å². The Bertz CT molecular complexity index is 568. The van der Waals surface area contributed by atoms with Crippen molar-refractivity contribution < 1.29 is 14.2 Å². The van der Waals surface area contributed by atoms with Gasteiger partial charge in [-0.2, -0.15) is 10.5 Å². The van der Waals surface area contributed by atoms with Crippen LogP contribution in [0.1, 0.15) is 24.8 Å². The van der Waals surface area contributed by atoms with Crippen LogP contribution in [-0.2, 0) is 20.8 Å². The summed E-state index contributed by atoms with van der Waals surface area (Å²) >= 11 is 0. The maximum Gasteiger partial charge on any atom is 0.309 e. The molecule has 5 heteroatoms. The molecule has 1 heterocycles. The van der Waals surface area contributed by atoms with Crippen molar-refractivity contribution in [1.82, 2.24) is 0 Å². The Morgan fingerprint density at radius 3 is 2.68 bits per heavy atom. The van der Waals surface area contributed by atoms with Crippen molar-refractivity contribution in [3.05, 3.63) is 47.4 Å². The zero-order valence-electron chi connectivity index (χ0n) is 12.3. The molecule has 0 saturated carbocycles. The molecule has 0 spiro atoms. The summed E-state index contributed by atoms with van der Waals surface area (Å²) in [6.45, 7) is 1.73. The second kappa shape index (κ2) is 8.71. The first-order valence-electron chi connectivity index (χ1n) is 7.29. The van der Waals surface area contributed by atoms with E-state index in [1.807, 2.05) is 30.3 Å². The molecule has 1 atom stereocenters. The van der Waals surface area contributed by atoms with Gasteiger partial charge in [0.25, 0.3) is 0 Å². The summed E-state index contributed by atoms with van der Waals surface area (Å²) in [4.78, 5) is 0. The Kier molecular flexibility index (Phi) is 6.29. The molecule has 1 aromatic carbocycles. The highest BCUT2D eigenvalue weighted by Crippen LogP contribution is 2.22. The molecule has 1 saturated heterocycles. The Balaban J connectivity index is 1.58. The lowest BCUT2D eigenvalue weighted by atomic mass is 10.2. The van der Waals surface area contributed by atoms with Gasteiger partial charge in [0.15, 0.2) is 0 Å². The standard InChI is InChI=1S/C17H18N2O3/c18-10-15(11-19)17-21-13-16(22-17)8-4-5-9-20-12-14-6-2-1-3-7-14/h1-3,6-7,16H,4-5,8-9,12-13H2. The fourth-order valence-corrected chi connectivity index (χ4v) is 2.12. The predicted octanol–water partition coefficient (Wildman–Crippen LogP) is 3.05. The first-order valence-corrected chi connectivity index (χ1v) is 7.29. The fourth-order valence-electron chi connectivity index (χ4n) is 2.12. The quantitative estimate of drug-likeness (QED) is 0.571. The van der Waals surface area contributed by atoms with E-state index in [2.05, 4.69) is 0 Å². The number of hydrogen-bond acceptors (Lipinski definition) is 5. The molecule has 0 aliphatic carbocycles. The minimum Gasteiger partial charge on any atom is -0.460 e. The van der Waals surface area contributed by atoms with Crippen molar-refractivity contribution in [3.63, 3.8) is 0 Å². The Hall–Kier alpha value is -2.50. The van der Waals surface area contributed by atoms with E-state index in [0.29, 0.717) is 19.8 Å². The fraction of sp³-hybridized carbons (Fsp3) is 0.412. The van der Waals surface area contributed by atoms with Gasteiger partial charge in [-0.1, -0.05) is 30.3 Å². The maximum absolute atomic E-state index is 8.73. The molecule has 0 N–H and O–H groups in total. The summed E-state index contributed by atoms with van der Waals surface area (Å²) in [6.07, 6.45) is 2.63. The van der Waals surface area contributed by atoms with E-state index < -0.39 is 0 Å². The van der Waals surface area contributed by atoms with Gasteiger partial charge in [-0.3, -0.25) is 0 Å². The van der Waals surface area contributed by atoms with Crippen LogP contribution in [0.4, 0.5) is 0 Å². The third-order valence-corrected chi connectivity index (χ3v) is 3.28. The van der Waals surface area contributed by atoms with Gasteiger partial charge >= 0.3 is 5.95 Å². The molecule has 1 fully saturated rings. The van der Waals surface area contributed by atoms with Crippen LogP contribution in [-0.4, -0.2) is 19.3 Å².